The molecule has 220 valence electrons. The average Bonchev–Trinajstić information content (AvgIpc) is 2.97. The molecule has 0 aliphatic carbocycles. The number of hydrogen-bond acceptors (Lipinski definition) is 6. The minimum Gasteiger partial charge on any atom is -0.497 e. The molecule has 41 heavy (non-hydrogen) atoms. The topological polar surface area (TPSA) is 105 Å². The van der Waals surface area contributed by atoms with E-state index < -0.39 is 28.5 Å². The first-order valence-electron chi connectivity index (χ1n) is 13.1. The van der Waals surface area contributed by atoms with Crippen LogP contribution in [-0.2, 0) is 26.2 Å². The zero-order chi connectivity index (χ0) is 30.2. The average molecular weight is 602 g/mol. The van der Waals surface area contributed by atoms with Crippen molar-refractivity contribution in [3.8, 4) is 11.5 Å². The van der Waals surface area contributed by atoms with Crippen LogP contribution in [0.4, 0.5) is 5.69 Å². The Morgan fingerprint density at radius 1 is 0.927 bits per heavy atom. The Labute approximate surface area is 247 Å². The van der Waals surface area contributed by atoms with Crippen molar-refractivity contribution in [3.05, 3.63) is 83.4 Å². The summed E-state index contributed by atoms with van der Waals surface area (Å²) in [5, 5.41) is 3.05. The molecule has 2 amide bonds. The van der Waals surface area contributed by atoms with Gasteiger partial charge in [-0.2, -0.15) is 0 Å². The van der Waals surface area contributed by atoms with E-state index in [0.29, 0.717) is 23.6 Å². The molecule has 1 N–H and O–H groups in total. The summed E-state index contributed by atoms with van der Waals surface area (Å²) >= 11 is 6.35. The third-order valence-corrected chi connectivity index (χ3v) is 8.46. The minimum atomic E-state index is -4.20. The number of nitrogens with one attached hydrogen (secondary N) is 1. The molecule has 0 heterocycles. The lowest BCUT2D eigenvalue weighted by Gasteiger charge is -2.32. The highest BCUT2D eigenvalue weighted by Gasteiger charge is 2.33. The van der Waals surface area contributed by atoms with E-state index in [1.54, 1.807) is 43.3 Å². The second-order valence-electron chi connectivity index (χ2n) is 9.83. The number of rotatable bonds is 13. The highest BCUT2D eigenvalue weighted by Crippen LogP contribution is 2.32. The Hall–Kier alpha value is -3.76. The summed E-state index contributed by atoms with van der Waals surface area (Å²) in [5.74, 6) is 0.230. The van der Waals surface area contributed by atoms with E-state index in [0.717, 1.165) is 4.31 Å². The van der Waals surface area contributed by atoms with Crippen molar-refractivity contribution in [2.75, 3.05) is 31.6 Å². The molecule has 0 saturated heterocycles. The van der Waals surface area contributed by atoms with Gasteiger partial charge in [0.1, 0.15) is 24.1 Å². The van der Waals surface area contributed by atoms with Gasteiger partial charge in [0.25, 0.3) is 10.0 Å². The number of anilines is 1. The molecule has 0 fully saturated rings. The third kappa shape index (κ3) is 8.14. The van der Waals surface area contributed by atoms with Gasteiger partial charge >= 0.3 is 0 Å². The van der Waals surface area contributed by atoms with E-state index in [2.05, 4.69) is 5.32 Å². The van der Waals surface area contributed by atoms with Crippen LogP contribution in [0.15, 0.2) is 77.7 Å². The lowest BCUT2D eigenvalue weighted by molar-refractivity contribution is -0.139. The number of ether oxygens (including phenoxy) is 2. The quantitative estimate of drug-likeness (QED) is 0.303. The van der Waals surface area contributed by atoms with Crippen molar-refractivity contribution in [2.45, 2.75) is 38.3 Å². The number of carbonyl (C=O) groups is 2. The second kappa shape index (κ2) is 14.2. The molecular formula is C30H36ClN3O6S. The third-order valence-electron chi connectivity index (χ3n) is 6.37. The maximum Gasteiger partial charge on any atom is 0.264 e. The number of methoxy groups -OCH3 is 2. The molecule has 0 radical (unpaired) electrons. The smallest absolute Gasteiger partial charge is 0.264 e. The number of carbonyl (C=O) groups excluding carboxylic acids is 2. The van der Waals surface area contributed by atoms with Crippen molar-refractivity contribution < 1.29 is 27.5 Å². The summed E-state index contributed by atoms with van der Waals surface area (Å²) < 4.78 is 39.3. The van der Waals surface area contributed by atoms with Gasteiger partial charge in [0.05, 0.1) is 29.8 Å². The molecule has 0 aliphatic rings. The first kappa shape index (κ1) is 31.8. The summed E-state index contributed by atoms with van der Waals surface area (Å²) in [6.07, 6.45) is 0. The van der Waals surface area contributed by atoms with E-state index in [9.17, 15) is 18.0 Å². The summed E-state index contributed by atoms with van der Waals surface area (Å²) in [6, 6.07) is 18.5. The highest BCUT2D eigenvalue weighted by atomic mass is 35.5. The lowest BCUT2D eigenvalue weighted by atomic mass is 10.1. The summed E-state index contributed by atoms with van der Waals surface area (Å²) in [7, 11) is -1.22. The van der Waals surface area contributed by atoms with Gasteiger partial charge in [-0.1, -0.05) is 55.8 Å². The maximum absolute atomic E-state index is 14.0. The molecule has 3 aromatic rings. The van der Waals surface area contributed by atoms with Crippen molar-refractivity contribution in [2.24, 2.45) is 5.92 Å². The van der Waals surface area contributed by atoms with Crippen LogP contribution in [0.5, 0.6) is 11.5 Å². The van der Waals surface area contributed by atoms with Gasteiger partial charge in [0.2, 0.25) is 11.8 Å². The summed E-state index contributed by atoms with van der Waals surface area (Å²) in [5.41, 5.74) is 0.886. The van der Waals surface area contributed by atoms with Gasteiger partial charge in [-0.3, -0.25) is 13.9 Å². The van der Waals surface area contributed by atoms with Gasteiger partial charge in [-0.15, -0.1) is 0 Å². The van der Waals surface area contributed by atoms with E-state index >= 15 is 0 Å². The molecule has 0 unspecified atom stereocenters. The Balaban J connectivity index is 2.04. The van der Waals surface area contributed by atoms with Gasteiger partial charge in [-0.05, 0) is 60.9 Å². The fourth-order valence-electron chi connectivity index (χ4n) is 4.06. The number of amides is 2. The number of halogens is 1. The molecule has 9 nitrogen and oxygen atoms in total. The molecule has 0 saturated carbocycles. The largest absolute Gasteiger partial charge is 0.497 e. The number of benzene rings is 3. The minimum absolute atomic E-state index is 0.00168. The predicted molar refractivity (Wildman–Crippen MR) is 160 cm³/mol. The molecule has 0 spiro atoms. The van der Waals surface area contributed by atoms with Crippen LogP contribution in [0, 0.1) is 5.92 Å². The monoisotopic (exact) mass is 601 g/mol. The molecule has 0 aromatic heterocycles. The second-order valence-corrected chi connectivity index (χ2v) is 12.1. The zero-order valence-corrected chi connectivity index (χ0v) is 25.4. The van der Waals surface area contributed by atoms with Crippen molar-refractivity contribution in [1.29, 1.82) is 0 Å². The first-order chi connectivity index (χ1) is 19.5. The van der Waals surface area contributed by atoms with Crippen LogP contribution < -0.4 is 19.1 Å². The number of nitrogens with zero attached hydrogens (tertiary/aromatic N) is 2. The van der Waals surface area contributed by atoms with Gasteiger partial charge < -0.3 is 19.7 Å². The van der Waals surface area contributed by atoms with E-state index in [-0.39, 0.29) is 34.0 Å². The van der Waals surface area contributed by atoms with Crippen LogP contribution >= 0.6 is 11.6 Å². The fourth-order valence-corrected chi connectivity index (χ4v) is 5.74. The first-order valence-corrected chi connectivity index (χ1v) is 14.9. The molecule has 3 rings (SSSR count). The van der Waals surface area contributed by atoms with Gasteiger partial charge in [0.15, 0.2) is 0 Å². The molecule has 3 aromatic carbocycles. The Bertz CT molecular complexity index is 1450. The Morgan fingerprint density at radius 2 is 1.63 bits per heavy atom. The van der Waals surface area contributed by atoms with E-state index in [4.69, 9.17) is 21.1 Å². The Kier molecular flexibility index (Phi) is 11.0. The molecule has 11 heteroatoms. The number of sulfonamides is 1. The van der Waals surface area contributed by atoms with Crippen LogP contribution in [-0.4, -0.2) is 58.5 Å². The van der Waals surface area contributed by atoms with Crippen molar-refractivity contribution in [3.63, 3.8) is 0 Å². The van der Waals surface area contributed by atoms with Crippen LogP contribution in [0.3, 0.4) is 0 Å². The summed E-state index contributed by atoms with van der Waals surface area (Å²) in [6.45, 7) is 5.46. The normalized spacial score (nSPS) is 12.0. The van der Waals surface area contributed by atoms with Crippen LogP contribution in [0.2, 0.25) is 5.02 Å². The standard InChI is InChI=1S/C30H36ClN3O6S/c1-21(2)18-32-30(36)22(3)33(19-23-10-9-11-25(16-23)39-4)29(35)20-34(24-14-15-28(40-5)27(31)17-24)41(37,38)26-12-7-6-8-13-26/h6-17,21-22H,18-20H2,1-5H3,(H,32,36)/t22-/m0/s1. The number of hydrogen-bond donors (Lipinski definition) is 1. The fraction of sp³-hybridized carbons (Fsp3) is 0.333. The highest BCUT2D eigenvalue weighted by molar-refractivity contribution is 7.92. The molecule has 0 bridgehead atoms. The van der Waals surface area contributed by atoms with Crippen LogP contribution in [0.25, 0.3) is 0 Å². The molecule has 0 aliphatic heterocycles. The van der Waals surface area contributed by atoms with Crippen LogP contribution in [0.1, 0.15) is 26.3 Å². The Morgan fingerprint density at radius 3 is 2.24 bits per heavy atom. The van der Waals surface area contributed by atoms with Crippen molar-refractivity contribution in [1.82, 2.24) is 10.2 Å². The summed E-state index contributed by atoms with van der Waals surface area (Å²) in [4.78, 5) is 28.5. The van der Waals surface area contributed by atoms with Crippen molar-refractivity contribution >= 4 is 39.1 Å². The SMILES string of the molecule is COc1cccc(CN(C(=O)CN(c2ccc(OC)c(Cl)c2)S(=O)(=O)c2ccccc2)[C@@H](C)C(=O)NCC(C)C)c1. The van der Waals surface area contributed by atoms with E-state index in [1.807, 2.05) is 19.9 Å². The van der Waals surface area contributed by atoms with Gasteiger partial charge in [0, 0.05) is 13.1 Å². The molecule has 1 atom stereocenters. The lowest BCUT2D eigenvalue weighted by Crippen LogP contribution is -2.51. The van der Waals surface area contributed by atoms with E-state index in [1.165, 1.54) is 49.5 Å². The van der Waals surface area contributed by atoms with Gasteiger partial charge in [-0.25, -0.2) is 8.42 Å². The maximum atomic E-state index is 14.0. The molecular weight excluding hydrogens is 566 g/mol. The zero-order valence-electron chi connectivity index (χ0n) is 23.8. The predicted octanol–water partition coefficient (Wildman–Crippen LogP) is 4.74.